The minimum atomic E-state index is -0.934. The molecule has 11 heteroatoms. The number of ether oxygens (including phenoxy) is 1. The van der Waals surface area contributed by atoms with E-state index >= 15 is 0 Å². The molecule has 0 aliphatic carbocycles. The first-order valence-corrected chi connectivity index (χ1v) is 8.30. The molecule has 1 aliphatic rings. The van der Waals surface area contributed by atoms with Crippen LogP contribution in [0.5, 0.6) is 5.75 Å². The highest BCUT2D eigenvalue weighted by Gasteiger charge is 2.45. The molecule has 0 aromatic heterocycles. The second-order valence-electron chi connectivity index (χ2n) is 4.16. The lowest BCUT2D eigenvalue weighted by Crippen LogP contribution is -2.34. The first-order chi connectivity index (χ1) is 10.3. The molecule has 0 spiro atoms. The Hall–Kier alpha value is -0.310. The van der Waals surface area contributed by atoms with Crippen molar-refractivity contribution in [3.8, 4) is 5.75 Å². The van der Waals surface area contributed by atoms with E-state index in [9.17, 15) is 9.28 Å². The maximum Gasteiger partial charge on any atom is 0.370 e. The summed E-state index contributed by atoms with van der Waals surface area (Å²) in [5.41, 5.74) is 0.319. The van der Waals surface area contributed by atoms with Gasteiger partial charge in [0.05, 0.1) is 22.8 Å². The maximum absolute atomic E-state index is 14.0. The average Bonchev–Trinajstić information content (AvgIpc) is 2.62. The number of urea groups is 1. The van der Waals surface area contributed by atoms with E-state index < -0.39 is 16.4 Å². The standard InChI is InChI=1S/C11H10Cl4FN3O2S/c1-5-17(11(20)18(16)19(5)22-10(14)15)6-3-7(12)9(21-2)8(13)4-6/h3-5,10H,1-2H3. The molecule has 1 aliphatic heterocycles. The number of rotatable bonds is 4. The molecule has 1 aromatic carbocycles. The number of amides is 2. The van der Waals surface area contributed by atoms with Crippen LogP contribution in [0.4, 0.5) is 15.0 Å². The molecule has 0 N–H and O–H groups in total. The minimum Gasteiger partial charge on any atom is -0.494 e. The zero-order valence-corrected chi connectivity index (χ0v) is 15.1. The summed E-state index contributed by atoms with van der Waals surface area (Å²) in [6.07, 6.45) is -0.692. The normalized spacial score (nSPS) is 19.5. The van der Waals surface area contributed by atoms with E-state index in [1.165, 1.54) is 24.1 Å². The summed E-state index contributed by atoms with van der Waals surface area (Å²) in [5, 5.41) is 0.335. The number of hydrogen-bond donors (Lipinski definition) is 0. The Morgan fingerprint density at radius 1 is 1.32 bits per heavy atom. The molecule has 22 heavy (non-hydrogen) atoms. The highest BCUT2D eigenvalue weighted by molar-refractivity contribution is 8.00. The summed E-state index contributed by atoms with van der Waals surface area (Å²) in [5.74, 6) is 0.274. The zero-order valence-electron chi connectivity index (χ0n) is 11.3. The molecule has 2 rings (SSSR count). The molecule has 0 radical (unpaired) electrons. The molecule has 0 bridgehead atoms. The van der Waals surface area contributed by atoms with Crippen LogP contribution in [-0.4, -0.2) is 33.1 Å². The van der Waals surface area contributed by atoms with Gasteiger partial charge in [0, 0.05) is 0 Å². The van der Waals surface area contributed by atoms with Crippen molar-refractivity contribution in [2.75, 3.05) is 12.0 Å². The van der Waals surface area contributed by atoms with Gasteiger partial charge in [-0.25, -0.2) is 4.79 Å². The number of hydrazine groups is 1. The van der Waals surface area contributed by atoms with E-state index in [4.69, 9.17) is 51.1 Å². The maximum atomic E-state index is 14.0. The van der Waals surface area contributed by atoms with Gasteiger partial charge in [-0.1, -0.05) is 56.1 Å². The zero-order chi connectivity index (χ0) is 16.6. The van der Waals surface area contributed by atoms with Crippen molar-refractivity contribution in [3.63, 3.8) is 0 Å². The fourth-order valence-corrected chi connectivity index (χ4v) is 3.70. The summed E-state index contributed by atoms with van der Waals surface area (Å²) >= 11 is 24.1. The largest absolute Gasteiger partial charge is 0.494 e. The molecule has 1 heterocycles. The Morgan fingerprint density at radius 3 is 2.32 bits per heavy atom. The van der Waals surface area contributed by atoms with E-state index in [0.717, 1.165) is 16.4 Å². The summed E-state index contributed by atoms with van der Waals surface area (Å²) in [6.45, 7) is 1.60. The molecule has 1 unspecified atom stereocenters. The van der Waals surface area contributed by atoms with Crippen molar-refractivity contribution < 1.29 is 14.0 Å². The Labute approximate surface area is 150 Å². The lowest BCUT2D eigenvalue weighted by atomic mass is 10.2. The van der Waals surface area contributed by atoms with Crippen molar-refractivity contribution in [1.82, 2.24) is 9.65 Å². The van der Waals surface area contributed by atoms with Crippen molar-refractivity contribution in [2.45, 2.75) is 17.3 Å². The molecule has 122 valence electrons. The fraction of sp³-hybridized carbons (Fsp3) is 0.364. The van der Waals surface area contributed by atoms with Gasteiger partial charge >= 0.3 is 6.03 Å². The summed E-state index contributed by atoms with van der Waals surface area (Å²) < 4.78 is 19.1. The number of methoxy groups -OCH3 is 1. The van der Waals surface area contributed by atoms with E-state index in [1.807, 2.05) is 0 Å². The van der Waals surface area contributed by atoms with Gasteiger partial charge in [0.15, 0.2) is 9.92 Å². The smallest absolute Gasteiger partial charge is 0.370 e. The van der Waals surface area contributed by atoms with Crippen LogP contribution in [0, 0.1) is 0 Å². The summed E-state index contributed by atoms with van der Waals surface area (Å²) in [4.78, 5) is 13.3. The van der Waals surface area contributed by atoms with E-state index in [0.29, 0.717) is 5.69 Å². The molecule has 1 atom stereocenters. The first kappa shape index (κ1) is 18.0. The van der Waals surface area contributed by atoms with Gasteiger partial charge < -0.3 is 4.74 Å². The van der Waals surface area contributed by atoms with E-state index in [1.54, 1.807) is 6.92 Å². The van der Waals surface area contributed by atoms with Gasteiger partial charge in [0.1, 0.15) is 6.17 Å². The van der Waals surface area contributed by atoms with Crippen LogP contribution in [0.3, 0.4) is 0 Å². The van der Waals surface area contributed by atoms with E-state index in [-0.39, 0.29) is 21.0 Å². The Balaban J connectivity index is 2.38. The van der Waals surface area contributed by atoms with Gasteiger partial charge in [-0.05, 0) is 31.0 Å². The topological polar surface area (TPSA) is 36.0 Å². The second-order valence-corrected chi connectivity index (χ2v) is 7.64. The number of carbonyl (C=O) groups excluding carboxylic acids is 1. The molecule has 1 fully saturated rings. The fourth-order valence-electron chi connectivity index (χ4n) is 2.00. The van der Waals surface area contributed by atoms with Crippen LogP contribution in [0.15, 0.2) is 12.1 Å². The first-order valence-electron chi connectivity index (χ1n) is 5.84. The van der Waals surface area contributed by atoms with Crippen molar-refractivity contribution in [3.05, 3.63) is 22.2 Å². The third kappa shape index (κ3) is 3.29. The third-order valence-corrected chi connectivity index (χ3v) is 4.75. The Morgan fingerprint density at radius 2 is 1.86 bits per heavy atom. The highest BCUT2D eigenvalue weighted by Crippen LogP contribution is 2.41. The third-order valence-electron chi connectivity index (χ3n) is 2.88. The molecule has 1 aromatic rings. The second kappa shape index (κ2) is 7.07. The van der Waals surface area contributed by atoms with E-state index in [2.05, 4.69) is 0 Å². The van der Waals surface area contributed by atoms with Gasteiger partial charge in [0.25, 0.3) is 0 Å². The Bertz CT molecular complexity index is 571. The lowest BCUT2D eigenvalue weighted by molar-refractivity contribution is -0.0427. The van der Waals surface area contributed by atoms with Crippen molar-refractivity contribution >= 4 is 70.1 Å². The lowest BCUT2D eigenvalue weighted by Gasteiger charge is -2.24. The number of alkyl halides is 2. The SMILES string of the molecule is COc1c(Cl)cc(N2C(=O)N(F)N(SC(Cl)Cl)C2C)cc1Cl. The van der Waals surface area contributed by atoms with Gasteiger partial charge in [0.2, 0.25) is 0 Å². The summed E-state index contributed by atoms with van der Waals surface area (Å²) in [6, 6.07) is 2.01. The Kier molecular flexibility index (Phi) is 5.79. The van der Waals surface area contributed by atoms with Crippen LogP contribution >= 0.6 is 58.4 Å². The molecular weight excluding hydrogens is 399 g/mol. The minimum absolute atomic E-state index is 0.0703. The van der Waals surface area contributed by atoms with Gasteiger partial charge in [-0.2, -0.15) is 0 Å². The molecule has 0 saturated carbocycles. The number of benzene rings is 1. The molecular formula is C11H10Cl4FN3O2S. The predicted molar refractivity (Wildman–Crippen MR) is 88.2 cm³/mol. The van der Waals surface area contributed by atoms with Gasteiger partial charge in [-0.15, -0.1) is 4.41 Å². The monoisotopic (exact) mass is 407 g/mol. The number of halogens is 5. The molecule has 5 nitrogen and oxygen atoms in total. The van der Waals surface area contributed by atoms with Gasteiger partial charge in [-0.3, -0.25) is 4.90 Å². The number of nitrogens with zero attached hydrogens (tertiary/aromatic N) is 3. The van der Waals surface area contributed by atoms with Crippen LogP contribution < -0.4 is 9.64 Å². The van der Waals surface area contributed by atoms with Crippen molar-refractivity contribution in [1.29, 1.82) is 0 Å². The number of anilines is 1. The summed E-state index contributed by atoms with van der Waals surface area (Å²) in [7, 11) is 1.42. The predicted octanol–water partition coefficient (Wildman–Crippen LogP) is 5.10. The molecule has 1 saturated heterocycles. The highest BCUT2D eigenvalue weighted by atomic mass is 35.5. The average molecular weight is 409 g/mol. The molecule has 2 amide bonds. The van der Waals surface area contributed by atoms with Crippen molar-refractivity contribution in [2.24, 2.45) is 0 Å². The van der Waals surface area contributed by atoms with Crippen LogP contribution in [0.1, 0.15) is 6.92 Å². The number of carbonyl (C=O) groups is 1. The van der Waals surface area contributed by atoms with Crippen LogP contribution in [-0.2, 0) is 0 Å². The number of hydrogen-bond acceptors (Lipinski definition) is 4. The quantitative estimate of drug-likeness (QED) is 0.394. The van der Waals surface area contributed by atoms with Crippen LogP contribution in [0.25, 0.3) is 0 Å². The van der Waals surface area contributed by atoms with Crippen LogP contribution in [0.2, 0.25) is 10.0 Å².